The van der Waals surface area contributed by atoms with Crippen LogP contribution in [0, 0.1) is 23.7 Å². The van der Waals surface area contributed by atoms with Crippen molar-refractivity contribution in [3.8, 4) is 0 Å². The molecule has 1 saturated heterocycles. The minimum atomic E-state index is -0.703. The molecule has 0 radical (unpaired) electrons. The number of benzene rings is 2. The number of nitrogens with one attached hydrogen (secondary N) is 1. The monoisotopic (exact) mass is 518 g/mol. The van der Waals surface area contributed by atoms with Gasteiger partial charge in [0.2, 0.25) is 11.8 Å². The average Bonchev–Trinajstić information content (AvgIpc) is 3.61. The Morgan fingerprint density at radius 2 is 1.39 bits per heavy atom. The second-order valence-electron chi connectivity index (χ2n) is 10.1. The van der Waals surface area contributed by atoms with Gasteiger partial charge in [0.25, 0.3) is 5.91 Å². The lowest BCUT2D eigenvalue weighted by Gasteiger charge is -2.19. The average molecular weight is 519 g/mol. The van der Waals surface area contributed by atoms with E-state index in [-0.39, 0.29) is 29.2 Å². The molecular weight excluding hydrogens is 488 g/mol. The minimum Gasteiger partial charge on any atom is -0.462 e. The second kappa shape index (κ2) is 10.8. The molecule has 1 N–H and O–H groups in total. The smallest absolute Gasteiger partial charge is 0.338 e. The van der Waals surface area contributed by atoms with Crippen LogP contribution in [0.25, 0.3) is 0 Å². The maximum absolute atomic E-state index is 13.0. The third-order valence-electron chi connectivity index (χ3n) is 7.76. The van der Waals surface area contributed by atoms with Gasteiger partial charge in [-0.2, -0.15) is 0 Å². The van der Waals surface area contributed by atoms with Crippen LogP contribution in [-0.2, 0) is 23.9 Å². The summed E-state index contributed by atoms with van der Waals surface area (Å²) in [6.07, 6.45) is 4.71. The Morgan fingerprint density at radius 1 is 0.842 bits per heavy atom. The highest BCUT2D eigenvalue weighted by molar-refractivity contribution is 6.22. The number of nitrogens with zero attached hydrogens (tertiary/aromatic N) is 1. The lowest BCUT2D eigenvalue weighted by molar-refractivity contribution is -0.123. The summed E-state index contributed by atoms with van der Waals surface area (Å²) in [5, 5.41) is 2.60. The van der Waals surface area contributed by atoms with Crippen LogP contribution in [0.2, 0.25) is 0 Å². The van der Waals surface area contributed by atoms with Gasteiger partial charge in [-0.25, -0.2) is 9.59 Å². The quantitative estimate of drug-likeness (QED) is 0.303. The van der Waals surface area contributed by atoms with Gasteiger partial charge in [-0.1, -0.05) is 13.3 Å². The maximum Gasteiger partial charge on any atom is 0.338 e. The fourth-order valence-electron chi connectivity index (χ4n) is 5.90. The lowest BCUT2D eigenvalue weighted by Crippen LogP contribution is -2.32. The normalized spacial score (nSPS) is 23.3. The molecule has 3 amide bonds. The van der Waals surface area contributed by atoms with E-state index in [9.17, 15) is 24.0 Å². The molecule has 5 rings (SSSR count). The molecule has 38 heavy (non-hydrogen) atoms. The minimum absolute atomic E-state index is 0.138. The number of rotatable bonds is 9. The molecule has 2 aromatic carbocycles. The van der Waals surface area contributed by atoms with Gasteiger partial charge in [-0.05, 0) is 86.1 Å². The number of unbranched alkanes of at least 4 members (excludes halogenated alkanes) is 1. The summed E-state index contributed by atoms with van der Waals surface area (Å²) in [5.74, 6) is -1.76. The van der Waals surface area contributed by atoms with Gasteiger partial charge in [0, 0.05) is 5.69 Å². The Hall–Kier alpha value is -4.01. The van der Waals surface area contributed by atoms with Crippen molar-refractivity contribution < 1.29 is 33.4 Å². The van der Waals surface area contributed by atoms with E-state index >= 15 is 0 Å². The first-order valence-corrected chi connectivity index (χ1v) is 13.1. The Bertz CT molecular complexity index is 1230. The molecule has 3 aliphatic rings. The van der Waals surface area contributed by atoms with Crippen molar-refractivity contribution in [2.75, 3.05) is 23.4 Å². The van der Waals surface area contributed by atoms with Crippen molar-refractivity contribution in [3.05, 3.63) is 59.7 Å². The number of amides is 3. The fraction of sp³-hybridized carbons (Fsp3) is 0.414. The van der Waals surface area contributed by atoms with Crippen LogP contribution in [0.1, 0.15) is 59.7 Å². The van der Waals surface area contributed by atoms with Crippen LogP contribution in [0.15, 0.2) is 48.5 Å². The summed E-state index contributed by atoms with van der Waals surface area (Å²) in [6, 6.07) is 12.3. The number of hydrogen-bond donors (Lipinski definition) is 1. The maximum atomic E-state index is 13.0. The Labute approximate surface area is 220 Å². The first-order valence-electron chi connectivity index (χ1n) is 13.1. The van der Waals surface area contributed by atoms with E-state index in [1.54, 1.807) is 36.4 Å². The molecule has 9 heteroatoms. The van der Waals surface area contributed by atoms with E-state index < -0.39 is 24.5 Å². The second-order valence-corrected chi connectivity index (χ2v) is 10.1. The zero-order valence-corrected chi connectivity index (χ0v) is 21.2. The van der Waals surface area contributed by atoms with Crippen molar-refractivity contribution in [1.29, 1.82) is 0 Å². The molecule has 3 fully saturated rings. The van der Waals surface area contributed by atoms with Gasteiger partial charge in [0.15, 0.2) is 6.61 Å². The highest BCUT2D eigenvalue weighted by atomic mass is 16.5. The molecule has 0 unspecified atom stereocenters. The SMILES string of the molecule is CCCCOC(=O)c1ccc(NC(=O)COC(=O)c2ccc(N3C(=O)[C@H]4[C@H]5CC[C@@H](C5)[C@@H]4C3=O)cc2)cc1. The molecule has 2 bridgehead atoms. The Morgan fingerprint density at radius 3 is 1.97 bits per heavy atom. The van der Waals surface area contributed by atoms with Crippen molar-refractivity contribution in [2.24, 2.45) is 23.7 Å². The zero-order valence-electron chi connectivity index (χ0n) is 21.2. The summed E-state index contributed by atoms with van der Waals surface area (Å²) in [6.45, 7) is 1.86. The van der Waals surface area contributed by atoms with E-state index in [0.717, 1.165) is 32.1 Å². The number of fused-ring (bicyclic) bond motifs is 5. The highest BCUT2D eigenvalue weighted by Crippen LogP contribution is 2.56. The molecule has 9 nitrogen and oxygen atoms in total. The molecule has 0 spiro atoms. The summed E-state index contributed by atoms with van der Waals surface area (Å²) in [7, 11) is 0. The van der Waals surface area contributed by atoms with Crippen LogP contribution in [0.4, 0.5) is 11.4 Å². The highest BCUT2D eigenvalue weighted by Gasteiger charge is 2.61. The third kappa shape index (κ3) is 4.92. The zero-order chi connectivity index (χ0) is 26.8. The molecular formula is C29H30N2O7. The fourth-order valence-corrected chi connectivity index (χ4v) is 5.90. The van der Waals surface area contributed by atoms with Crippen LogP contribution in [0.3, 0.4) is 0 Å². The van der Waals surface area contributed by atoms with Crippen molar-refractivity contribution >= 4 is 41.0 Å². The molecule has 2 aromatic rings. The predicted molar refractivity (Wildman–Crippen MR) is 137 cm³/mol. The van der Waals surface area contributed by atoms with Gasteiger partial charge >= 0.3 is 11.9 Å². The van der Waals surface area contributed by atoms with Gasteiger partial charge < -0.3 is 14.8 Å². The van der Waals surface area contributed by atoms with E-state index in [1.165, 1.54) is 17.0 Å². The number of anilines is 2. The van der Waals surface area contributed by atoms with Crippen molar-refractivity contribution in [2.45, 2.75) is 39.0 Å². The first kappa shape index (κ1) is 25.6. The van der Waals surface area contributed by atoms with E-state index in [4.69, 9.17) is 9.47 Å². The van der Waals surface area contributed by atoms with E-state index in [0.29, 0.717) is 35.4 Å². The Balaban J connectivity index is 1.11. The number of ether oxygens (including phenoxy) is 2. The summed E-state index contributed by atoms with van der Waals surface area (Å²) >= 11 is 0. The molecule has 1 aliphatic heterocycles. The first-order chi connectivity index (χ1) is 18.4. The standard InChI is InChI=1S/C29H30N2O7/c1-2-3-14-37-28(35)17-6-10-21(11-7-17)30-23(32)16-38-29(36)18-8-12-22(13-9-18)31-26(33)24-19-4-5-20(15-19)25(24)27(31)34/h6-13,19-20,24-25H,2-5,14-16H2,1H3,(H,30,32)/t19-,20-,24-,25-/m0/s1. The van der Waals surface area contributed by atoms with Crippen LogP contribution < -0.4 is 10.2 Å². The number of hydrogen-bond acceptors (Lipinski definition) is 7. The molecule has 1 heterocycles. The van der Waals surface area contributed by atoms with Gasteiger partial charge in [-0.3, -0.25) is 19.3 Å². The third-order valence-corrected chi connectivity index (χ3v) is 7.76. The van der Waals surface area contributed by atoms with Gasteiger partial charge in [0.1, 0.15) is 0 Å². The number of carbonyl (C=O) groups excluding carboxylic acids is 5. The van der Waals surface area contributed by atoms with Crippen LogP contribution >= 0.6 is 0 Å². The Kier molecular flexibility index (Phi) is 7.26. The molecule has 0 aromatic heterocycles. The number of carbonyl (C=O) groups is 5. The van der Waals surface area contributed by atoms with E-state index in [2.05, 4.69) is 5.32 Å². The topological polar surface area (TPSA) is 119 Å². The van der Waals surface area contributed by atoms with Crippen LogP contribution in [-0.4, -0.2) is 42.9 Å². The summed E-state index contributed by atoms with van der Waals surface area (Å²) < 4.78 is 10.3. The predicted octanol–water partition coefficient (Wildman–Crippen LogP) is 3.97. The summed E-state index contributed by atoms with van der Waals surface area (Å²) in [4.78, 5) is 63.9. The molecule has 4 atom stereocenters. The van der Waals surface area contributed by atoms with Gasteiger partial charge in [0.05, 0.1) is 35.3 Å². The lowest BCUT2D eigenvalue weighted by atomic mass is 9.81. The van der Waals surface area contributed by atoms with Crippen molar-refractivity contribution in [3.63, 3.8) is 0 Å². The summed E-state index contributed by atoms with van der Waals surface area (Å²) in [5.41, 5.74) is 1.47. The molecule has 2 saturated carbocycles. The van der Waals surface area contributed by atoms with Gasteiger partial charge in [-0.15, -0.1) is 0 Å². The van der Waals surface area contributed by atoms with E-state index in [1.807, 2.05) is 6.92 Å². The largest absolute Gasteiger partial charge is 0.462 e. The van der Waals surface area contributed by atoms with Crippen molar-refractivity contribution in [1.82, 2.24) is 0 Å². The van der Waals surface area contributed by atoms with Crippen LogP contribution in [0.5, 0.6) is 0 Å². The number of esters is 2. The molecule has 2 aliphatic carbocycles. The molecule has 198 valence electrons. The number of imide groups is 1.